The Morgan fingerprint density at radius 1 is 1.43 bits per heavy atom. The first-order chi connectivity index (χ1) is 11.0. The maximum absolute atomic E-state index is 12.4. The van der Waals surface area contributed by atoms with Gasteiger partial charge < -0.3 is 24.3 Å². The second-order valence-corrected chi connectivity index (χ2v) is 6.88. The van der Waals surface area contributed by atoms with E-state index in [1.807, 2.05) is 23.9 Å². The zero-order chi connectivity index (χ0) is 16.4. The third-order valence-electron chi connectivity index (χ3n) is 4.71. The Kier molecular flexibility index (Phi) is 4.85. The molecule has 1 saturated heterocycles. The quantitative estimate of drug-likeness (QED) is 0.919. The summed E-state index contributed by atoms with van der Waals surface area (Å²) in [5.41, 5.74) is 1.00. The van der Waals surface area contributed by atoms with E-state index in [4.69, 9.17) is 21.1 Å². The average molecular weight is 342 g/mol. The van der Waals surface area contributed by atoms with Gasteiger partial charge in [0.2, 0.25) is 0 Å². The van der Waals surface area contributed by atoms with E-state index in [2.05, 4.69) is 5.32 Å². The molecule has 0 radical (unpaired) electrons. The highest BCUT2D eigenvalue weighted by Gasteiger charge is 2.40. The van der Waals surface area contributed by atoms with Gasteiger partial charge in [0.25, 0.3) is 0 Å². The molecule has 1 aliphatic carbocycles. The van der Waals surface area contributed by atoms with Crippen LogP contribution in [0.2, 0.25) is 5.02 Å². The summed E-state index contributed by atoms with van der Waals surface area (Å²) >= 11 is 5.98. The number of hydrogen-bond acceptors (Lipinski definition) is 3. The predicted octanol–water partition coefficient (Wildman–Crippen LogP) is 2.51. The van der Waals surface area contributed by atoms with Gasteiger partial charge in [0.05, 0.1) is 24.8 Å². The summed E-state index contributed by atoms with van der Waals surface area (Å²) in [4.78, 5) is 14.0. The summed E-state index contributed by atoms with van der Waals surface area (Å²) in [5, 5.41) is 3.79. The maximum Gasteiger partial charge on any atom is 0.317 e. The molecule has 2 aliphatic rings. The molecule has 1 aliphatic heterocycles. The number of hydrogen-bond donors (Lipinski definition) is 1. The van der Waals surface area contributed by atoms with Crippen molar-refractivity contribution in [3.63, 3.8) is 0 Å². The summed E-state index contributed by atoms with van der Waals surface area (Å²) in [7, 11) is 3.72. The fourth-order valence-electron chi connectivity index (χ4n) is 3.31. The minimum atomic E-state index is -0.382. The Bertz CT molecular complexity index is 559. The maximum atomic E-state index is 12.4. The van der Waals surface area contributed by atoms with E-state index in [1.165, 1.54) is 0 Å². The highest BCUT2D eigenvalue weighted by Crippen LogP contribution is 2.35. The highest BCUT2D eigenvalue weighted by atomic mass is 35.5. The summed E-state index contributed by atoms with van der Waals surface area (Å²) < 4.78 is 13.4. The van der Waals surface area contributed by atoms with Crippen molar-refractivity contribution in [3.05, 3.63) is 23.0 Å². The van der Waals surface area contributed by atoms with Gasteiger partial charge in [-0.05, 0) is 18.9 Å². The zero-order valence-corrected chi connectivity index (χ0v) is 14.4. The Balaban J connectivity index is 1.48. The molecule has 1 aromatic heterocycles. The molecule has 23 heavy (non-hydrogen) atoms. The number of carbonyl (C=O) groups is 1. The molecule has 1 spiro atoms. The molecular weight excluding hydrogens is 318 g/mol. The largest absolute Gasteiger partial charge is 0.351 e. The van der Waals surface area contributed by atoms with Crippen LogP contribution in [0.5, 0.6) is 0 Å². The van der Waals surface area contributed by atoms with Crippen molar-refractivity contribution < 1.29 is 14.3 Å². The van der Waals surface area contributed by atoms with Crippen LogP contribution in [0.4, 0.5) is 4.79 Å². The second-order valence-electron chi connectivity index (χ2n) is 6.45. The van der Waals surface area contributed by atoms with E-state index in [0.717, 1.165) is 31.4 Å². The highest BCUT2D eigenvalue weighted by molar-refractivity contribution is 6.30. The molecule has 1 aromatic rings. The first-order valence-corrected chi connectivity index (χ1v) is 8.45. The van der Waals surface area contributed by atoms with E-state index in [9.17, 15) is 4.79 Å². The van der Waals surface area contributed by atoms with Crippen LogP contribution < -0.4 is 5.32 Å². The number of amides is 2. The summed E-state index contributed by atoms with van der Waals surface area (Å²) in [5.74, 6) is -0.382. The number of aromatic nitrogens is 1. The van der Waals surface area contributed by atoms with Gasteiger partial charge in [0, 0.05) is 44.9 Å². The SMILES string of the molecule is CN(Cc1cc(Cl)cn1C)C(=O)NC1CCC2(CC1)OCCO2. The standard InChI is InChI=1S/C16H24ClN3O3/c1-19-10-12(17)9-14(19)11-20(2)15(21)18-13-3-5-16(6-4-13)22-7-8-23-16/h9-10,13H,3-8,11H2,1-2H3,(H,18,21). The first-order valence-electron chi connectivity index (χ1n) is 8.08. The van der Waals surface area contributed by atoms with Crippen molar-refractivity contribution in [2.24, 2.45) is 7.05 Å². The van der Waals surface area contributed by atoms with Gasteiger partial charge in [0.1, 0.15) is 0 Å². The molecule has 0 aromatic carbocycles. The van der Waals surface area contributed by atoms with Crippen molar-refractivity contribution in [2.45, 2.75) is 44.1 Å². The van der Waals surface area contributed by atoms with Gasteiger partial charge in [-0.1, -0.05) is 11.6 Å². The normalized spacial score (nSPS) is 20.8. The number of urea groups is 1. The lowest BCUT2D eigenvalue weighted by atomic mass is 9.90. The van der Waals surface area contributed by atoms with Crippen LogP contribution in [0, 0.1) is 0 Å². The van der Waals surface area contributed by atoms with Crippen LogP contribution in [0.1, 0.15) is 31.4 Å². The Labute approximate surface area is 141 Å². The van der Waals surface area contributed by atoms with Gasteiger partial charge in [0.15, 0.2) is 5.79 Å². The summed E-state index contributed by atoms with van der Waals surface area (Å²) in [6.07, 6.45) is 5.29. The van der Waals surface area contributed by atoms with Crippen LogP contribution in [0.15, 0.2) is 12.3 Å². The summed E-state index contributed by atoms with van der Waals surface area (Å²) in [6, 6.07) is 2.00. The van der Waals surface area contributed by atoms with E-state index >= 15 is 0 Å². The van der Waals surface area contributed by atoms with Gasteiger partial charge >= 0.3 is 6.03 Å². The molecule has 2 amide bonds. The lowest BCUT2D eigenvalue weighted by molar-refractivity contribution is -0.179. The average Bonchev–Trinajstić information content (AvgIpc) is 3.09. The molecule has 0 bridgehead atoms. The van der Waals surface area contributed by atoms with E-state index in [0.29, 0.717) is 24.8 Å². The molecule has 2 fully saturated rings. The fraction of sp³-hybridized carbons (Fsp3) is 0.688. The first kappa shape index (κ1) is 16.6. The number of nitrogens with one attached hydrogen (secondary N) is 1. The smallest absolute Gasteiger partial charge is 0.317 e. The van der Waals surface area contributed by atoms with Crippen LogP contribution in [0.3, 0.4) is 0 Å². The number of halogens is 1. The molecule has 2 heterocycles. The molecule has 1 saturated carbocycles. The molecular formula is C16H24ClN3O3. The van der Waals surface area contributed by atoms with Gasteiger partial charge in [-0.2, -0.15) is 0 Å². The third-order valence-corrected chi connectivity index (χ3v) is 4.92. The van der Waals surface area contributed by atoms with Crippen molar-refractivity contribution >= 4 is 17.6 Å². The Morgan fingerprint density at radius 2 is 2.09 bits per heavy atom. The van der Waals surface area contributed by atoms with Crippen LogP contribution in [-0.2, 0) is 23.1 Å². The third kappa shape index (κ3) is 3.82. The van der Waals surface area contributed by atoms with E-state index in [1.54, 1.807) is 11.9 Å². The van der Waals surface area contributed by atoms with Crippen molar-refractivity contribution in [1.82, 2.24) is 14.8 Å². The zero-order valence-electron chi connectivity index (χ0n) is 13.7. The minimum absolute atomic E-state index is 0.0588. The Morgan fingerprint density at radius 3 is 2.65 bits per heavy atom. The number of aryl methyl sites for hydroxylation is 1. The lowest BCUT2D eigenvalue weighted by Crippen LogP contribution is -2.47. The topological polar surface area (TPSA) is 55.7 Å². The van der Waals surface area contributed by atoms with Gasteiger partial charge in [-0.25, -0.2) is 4.79 Å². The monoisotopic (exact) mass is 341 g/mol. The van der Waals surface area contributed by atoms with Crippen molar-refractivity contribution in [1.29, 1.82) is 0 Å². The molecule has 0 atom stereocenters. The minimum Gasteiger partial charge on any atom is -0.351 e. The van der Waals surface area contributed by atoms with Crippen LogP contribution >= 0.6 is 11.6 Å². The van der Waals surface area contributed by atoms with Crippen molar-refractivity contribution in [3.8, 4) is 0 Å². The summed E-state index contributed by atoms with van der Waals surface area (Å²) in [6.45, 7) is 1.88. The molecule has 1 N–H and O–H groups in total. The number of carbonyl (C=O) groups excluding carboxylic acids is 1. The van der Waals surface area contributed by atoms with E-state index in [-0.39, 0.29) is 17.9 Å². The molecule has 3 rings (SSSR count). The number of rotatable bonds is 3. The van der Waals surface area contributed by atoms with Crippen molar-refractivity contribution in [2.75, 3.05) is 20.3 Å². The molecule has 6 nitrogen and oxygen atoms in total. The van der Waals surface area contributed by atoms with Crippen LogP contribution in [-0.4, -0.2) is 47.6 Å². The van der Waals surface area contributed by atoms with E-state index < -0.39 is 0 Å². The predicted molar refractivity (Wildman–Crippen MR) is 87.3 cm³/mol. The number of ether oxygens (including phenoxy) is 2. The number of nitrogens with zero attached hydrogens (tertiary/aromatic N) is 2. The molecule has 7 heteroatoms. The van der Waals surface area contributed by atoms with Crippen LogP contribution in [0.25, 0.3) is 0 Å². The second kappa shape index (κ2) is 6.71. The lowest BCUT2D eigenvalue weighted by Gasteiger charge is -2.36. The van der Waals surface area contributed by atoms with Gasteiger partial charge in [-0.15, -0.1) is 0 Å². The fourth-order valence-corrected chi connectivity index (χ4v) is 3.58. The molecule has 0 unspecified atom stereocenters. The van der Waals surface area contributed by atoms with Gasteiger partial charge in [-0.3, -0.25) is 0 Å². The molecule has 128 valence electrons. The Hall–Kier alpha value is -1.24.